The summed E-state index contributed by atoms with van der Waals surface area (Å²) in [7, 11) is 0. The minimum absolute atomic E-state index is 0.270. The highest BCUT2D eigenvalue weighted by Gasteiger charge is 2.50. The van der Waals surface area contributed by atoms with Crippen LogP contribution in [0.15, 0.2) is 48.5 Å². The highest BCUT2D eigenvalue weighted by molar-refractivity contribution is 6.10. The molecule has 0 saturated heterocycles. The molecule has 130 valence electrons. The fourth-order valence-corrected chi connectivity index (χ4v) is 3.19. The average molecular weight is 341 g/mol. The summed E-state index contributed by atoms with van der Waals surface area (Å²) in [6.07, 6.45) is 1.36. The van der Waals surface area contributed by atoms with Gasteiger partial charge >= 0.3 is 0 Å². The molecule has 0 aliphatic carbocycles. The Bertz CT molecular complexity index is 803. The molecule has 3 rings (SSSR count). The zero-order valence-electron chi connectivity index (χ0n) is 14.0. The third-order valence-corrected chi connectivity index (χ3v) is 4.56. The van der Waals surface area contributed by atoms with Crippen LogP contribution in [0.2, 0.25) is 0 Å². The molecule has 1 aliphatic rings. The van der Waals surface area contributed by atoms with Gasteiger partial charge in [-0.05, 0) is 36.8 Å². The van der Waals surface area contributed by atoms with Crippen LogP contribution in [0.4, 0.5) is 10.1 Å². The number of hydrogen-bond donors (Lipinski definition) is 1. The Kier molecular flexibility index (Phi) is 4.68. The summed E-state index contributed by atoms with van der Waals surface area (Å²) in [6, 6.07) is 12.1. The SMILES string of the molecule is CCCCN1C(=O)[C@@](O)(CC(=O)c2ccc(F)cc2)c2ccccc21. The predicted octanol–water partition coefficient (Wildman–Crippen LogP) is 3.43. The molecule has 2 aromatic rings. The predicted molar refractivity (Wildman–Crippen MR) is 92.9 cm³/mol. The number of benzene rings is 2. The summed E-state index contributed by atoms with van der Waals surface area (Å²) in [5, 5.41) is 11.1. The van der Waals surface area contributed by atoms with Gasteiger partial charge in [-0.25, -0.2) is 4.39 Å². The van der Waals surface area contributed by atoms with Crippen molar-refractivity contribution in [2.75, 3.05) is 11.4 Å². The van der Waals surface area contributed by atoms with Gasteiger partial charge in [0, 0.05) is 17.7 Å². The van der Waals surface area contributed by atoms with Crippen molar-refractivity contribution in [1.82, 2.24) is 0 Å². The summed E-state index contributed by atoms with van der Waals surface area (Å²) >= 11 is 0. The molecule has 0 saturated carbocycles. The second-order valence-electron chi connectivity index (χ2n) is 6.29. The van der Waals surface area contributed by atoms with E-state index in [1.165, 1.54) is 24.3 Å². The van der Waals surface area contributed by atoms with E-state index in [-0.39, 0.29) is 12.0 Å². The van der Waals surface area contributed by atoms with Crippen LogP contribution in [-0.2, 0) is 10.4 Å². The number of carbonyl (C=O) groups is 2. The highest BCUT2D eigenvalue weighted by atomic mass is 19.1. The van der Waals surface area contributed by atoms with E-state index in [1.807, 2.05) is 6.92 Å². The smallest absolute Gasteiger partial charge is 0.264 e. The molecule has 1 atom stereocenters. The molecule has 0 bridgehead atoms. The third-order valence-electron chi connectivity index (χ3n) is 4.56. The second kappa shape index (κ2) is 6.76. The van der Waals surface area contributed by atoms with Gasteiger partial charge in [0.2, 0.25) is 0 Å². The van der Waals surface area contributed by atoms with Gasteiger partial charge in [0.25, 0.3) is 5.91 Å². The Balaban J connectivity index is 1.92. The maximum absolute atomic E-state index is 13.0. The van der Waals surface area contributed by atoms with Gasteiger partial charge in [-0.3, -0.25) is 9.59 Å². The lowest BCUT2D eigenvalue weighted by molar-refractivity contribution is -0.135. The molecule has 5 heteroatoms. The third kappa shape index (κ3) is 3.07. The average Bonchev–Trinajstić information content (AvgIpc) is 2.82. The number of rotatable bonds is 6. The summed E-state index contributed by atoms with van der Waals surface area (Å²) in [6.45, 7) is 2.52. The topological polar surface area (TPSA) is 57.6 Å². The molecule has 0 aromatic heterocycles. The molecule has 1 heterocycles. The van der Waals surface area contributed by atoms with Crippen molar-refractivity contribution >= 4 is 17.4 Å². The number of ketones is 1. The van der Waals surface area contributed by atoms with Crippen LogP contribution < -0.4 is 4.90 Å². The van der Waals surface area contributed by atoms with Gasteiger partial charge in [-0.15, -0.1) is 0 Å². The Morgan fingerprint density at radius 2 is 1.84 bits per heavy atom. The van der Waals surface area contributed by atoms with Crippen molar-refractivity contribution < 1.29 is 19.1 Å². The Labute approximate surface area is 145 Å². The first-order valence-corrected chi connectivity index (χ1v) is 8.40. The Hall–Kier alpha value is -2.53. The molecule has 4 nitrogen and oxygen atoms in total. The van der Waals surface area contributed by atoms with Crippen molar-refractivity contribution in [3.05, 3.63) is 65.5 Å². The first kappa shape index (κ1) is 17.3. The fourth-order valence-electron chi connectivity index (χ4n) is 3.19. The van der Waals surface area contributed by atoms with Gasteiger partial charge in [-0.1, -0.05) is 31.5 Å². The van der Waals surface area contributed by atoms with Crippen molar-refractivity contribution in [2.24, 2.45) is 0 Å². The first-order chi connectivity index (χ1) is 12.0. The van der Waals surface area contributed by atoms with Crippen molar-refractivity contribution in [3.63, 3.8) is 0 Å². The number of fused-ring (bicyclic) bond motifs is 1. The maximum atomic E-state index is 13.0. The first-order valence-electron chi connectivity index (χ1n) is 8.40. The monoisotopic (exact) mass is 341 g/mol. The molecule has 1 aliphatic heterocycles. The molecule has 0 fully saturated rings. The van der Waals surface area contributed by atoms with E-state index in [9.17, 15) is 19.1 Å². The molecule has 0 radical (unpaired) electrons. The van der Waals surface area contributed by atoms with Gasteiger partial charge in [0.15, 0.2) is 11.4 Å². The van der Waals surface area contributed by atoms with Crippen LogP contribution in [0.1, 0.15) is 42.1 Å². The highest BCUT2D eigenvalue weighted by Crippen LogP contribution is 2.42. The Morgan fingerprint density at radius 3 is 2.52 bits per heavy atom. The number of amides is 1. The van der Waals surface area contributed by atoms with Gasteiger partial charge < -0.3 is 10.0 Å². The van der Waals surface area contributed by atoms with E-state index in [0.29, 0.717) is 17.8 Å². The minimum Gasteiger partial charge on any atom is -0.375 e. The number of anilines is 1. The lowest BCUT2D eigenvalue weighted by atomic mass is 9.88. The normalized spacial score (nSPS) is 19.2. The summed E-state index contributed by atoms with van der Waals surface area (Å²) in [5.41, 5.74) is -0.510. The van der Waals surface area contributed by atoms with Crippen molar-refractivity contribution in [3.8, 4) is 0 Å². The number of halogens is 1. The van der Waals surface area contributed by atoms with Crippen LogP contribution >= 0.6 is 0 Å². The van der Waals surface area contributed by atoms with Crippen LogP contribution in [-0.4, -0.2) is 23.3 Å². The molecule has 0 unspecified atom stereocenters. The molecule has 2 aromatic carbocycles. The fraction of sp³-hybridized carbons (Fsp3) is 0.300. The van der Waals surface area contributed by atoms with Crippen LogP contribution in [0.5, 0.6) is 0 Å². The number of Topliss-reactive ketones (excluding diaryl/α,β-unsaturated/α-hetero) is 1. The number of unbranched alkanes of at least 4 members (excludes halogenated alkanes) is 1. The zero-order valence-corrected chi connectivity index (χ0v) is 14.0. The largest absolute Gasteiger partial charge is 0.375 e. The molecule has 1 N–H and O–H groups in total. The maximum Gasteiger partial charge on any atom is 0.264 e. The molecule has 1 amide bonds. The van der Waals surface area contributed by atoms with E-state index in [0.717, 1.165) is 12.8 Å². The number of para-hydroxylation sites is 1. The van der Waals surface area contributed by atoms with Crippen molar-refractivity contribution in [1.29, 1.82) is 0 Å². The van der Waals surface area contributed by atoms with E-state index in [2.05, 4.69) is 0 Å². The summed E-state index contributed by atoms with van der Waals surface area (Å²) in [5.74, 6) is -1.32. The molecule has 25 heavy (non-hydrogen) atoms. The van der Waals surface area contributed by atoms with Crippen LogP contribution in [0.25, 0.3) is 0 Å². The van der Waals surface area contributed by atoms with E-state index < -0.39 is 23.1 Å². The molecular weight excluding hydrogens is 321 g/mol. The summed E-state index contributed by atoms with van der Waals surface area (Å²) in [4.78, 5) is 27.0. The zero-order chi connectivity index (χ0) is 18.0. The van der Waals surface area contributed by atoms with E-state index >= 15 is 0 Å². The van der Waals surface area contributed by atoms with Crippen molar-refractivity contribution in [2.45, 2.75) is 31.8 Å². The van der Waals surface area contributed by atoms with E-state index in [4.69, 9.17) is 0 Å². The Morgan fingerprint density at radius 1 is 1.16 bits per heavy atom. The summed E-state index contributed by atoms with van der Waals surface area (Å²) < 4.78 is 13.0. The lowest BCUT2D eigenvalue weighted by Gasteiger charge is -2.22. The number of hydrogen-bond acceptors (Lipinski definition) is 3. The quantitative estimate of drug-likeness (QED) is 0.819. The lowest BCUT2D eigenvalue weighted by Crippen LogP contribution is -2.42. The van der Waals surface area contributed by atoms with E-state index in [1.54, 1.807) is 29.2 Å². The van der Waals surface area contributed by atoms with Crippen LogP contribution in [0, 0.1) is 5.82 Å². The number of nitrogens with zero attached hydrogens (tertiary/aromatic N) is 1. The van der Waals surface area contributed by atoms with Gasteiger partial charge in [0.1, 0.15) is 5.82 Å². The van der Waals surface area contributed by atoms with Gasteiger partial charge in [0.05, 0.1) is 12.1 Å². The van der Waals surface area contributed by atoms with Crippen LogP contribution in [0.3, 0.4) is 0 Å². The number of aliphatic hydroxyl groups is 1. The van der Waals surface area contributed by atoms with Gasteiger partial charge in [-0.2, -0.15) is 0 Å². The molecule has 0 spiro atoms. The molecular formula is C20H20FNO3. The standard InChI is InChI=1S/C20H20FNO3/c1-2-3-12-22-17-7-5-4-6-16(17)20(25,19(22)24)13-18(23)14-8-10-15(21)11-9-14/h4-11,25H,2-3,12-13H2,1H3/t20-/m1/s1. The number of carbonyl (C=O) groups excluding carboxylic acids is 2. The second-order valence-corrected chi connectivity index (χ2v) is 6.29. The minimum atomic E-state index is -1.88.